The highest BCUT2D eigenvalue weighted by Gasteiger charge is 2.46. The van der Waals surface area contributed by atoms with Gasteiger partial charge in [0.15, 0.2) is 0 Å². The zero-order valence-electron chi connectivity index (χ0n) is 12.2. The third-order valence-electron chi connectivity index (χ3n) is 4.49. The van der Waals surface area contributed by atoms with Gasteiger partial charge in [-0.2, -0.15) is 0 Å². The van der Waals surface area contributed by atoms with Gasteiger partial charge in [0.2, 0.25) is 10.0 Å². The Bertz CT molecular complexity index is 434. The molecule has 0 radical (unpaired) electrons. The van der Waals surface area contributed by atoms with E-state index in [0.717, 1.165) is 19.3 Å². The molecule has 0 unspecified atom stereocenters. The molecule has 0 heterocycles. The highest BCUT2D eigenvalue weighted by Crippen LogP contribution is 2.33. The minimum absolute atomic E-state index is 0.384. The molecule has 0 spiro atoms. The number of rotatable bonds is 5. The number of aliphatic carboxylic acids is 1. The molecule has 0 aromatic rings. The van der Waals surface area contributed by atoms with Crippen LogP contribution in [0.15, 0.2) is 0 Å². The molecule has 1 fully saturated rings. The molecule has 5 nitrogen and oxygen atoms in total. The molecule has 1 rings (SSSR count). The van der Waals surface area contributed by atoms with Crippen molar-refractivity contribution in [2.24, 2.45) is 5.41 Å². The summed E-state index contributed by atoms with van der Waals surface area (Å²) >= 11 is 0. The summed E-state index contributed by atoms with van der Waals surface area (Å²) in [6.07, 6.45) is 4.26. The van der Waals surface area contributed by atoms with Crippen LogP contribution in [0.4, 0.5) is 0 Å². The maximum Gasteiger partial charge on any atom is 0.310 e. The van der Waals surface area contributed by atoms with Crippen LogP contribution < -0.4 is 4.72 Å². The first kappa shape index (κ1) is 16.4. The van der Waals surface area contributed by atoms with Gasteiger partial charge in [-0.1, -0.05) is 19.3 Å². The van der Waals surface area contributed by atoms with Gasteiger partial charge in [-0.3, -0.25) is 4.79 Å². The van der Waals surface area contributed by atoms with Crippen LogP contribution in [0, 0.1) is 5.41 Å². The molecule has 0 amide bonds. The Labute approximate surface area is 115 Å². The predicted molar refractivity (Wildman–Crippen MR) is 74.4 cm³/mol. The molecule has 0 atom stereocenters. The molecule has 6 heteroatoms. The molecule has 112 valence electrons. The molecule has 1 aliphatic rings. The maximum atomic E-state index is 12.4. The van der Waals surface area contributed by atoms with E-state index in [1.165, 1.54) is 0 Å². The summed E-state index contributed by atoms with van der Waals surface area (Å²) in [5.41, 5.74) is -2.20. The van der Waals surface area contributed by atoms with Crippen molar-refractivity contribution in [1.82, 2.24) is 4.72 Å². The van der Waals surface area contributed by atoms with Gasteiger partial charge in [-0.25, -0.2) is 13.1 Å². The number of carboxylic acid groups (broad SMARTS) is 1. The van der Waals surface area contributed by atoms with Crippen molar-refractivity contribution >= 4 is 16.0 Å². The Morgan fingerprint density at radius 2 is 1.58 bits per heavy atom. The van der Waals surface area contributed by atoms with Gasteiger partial charge in [0.1, 0.15) is 0 Å². The summed E-state index contributed by atoms with van der Waals surface area (Å²) in [7, 11) is -3.47. The molecule has 0 bridgehead atoms. The van der Waals surface area contributed by atoms with Crippen LogP contribution in [-0.4, -0.2) is 30.3 Å². The Morgan fingerprint density at radius 3 is 2.00 bits per heavy atom. The monoisotopic (exact) mass is 291 g/mol. The van der Waals surface area contributed by atoms with E-state index in [0.29, 0.717) is 12.8 Å². The fraction of sp³-hybridized carbons (Fsp3) is 0.923. The van der Waals surface area contributed by atoms with E-state index < -0.39 is 26.9 Å². The third-order valence-corrected chi connectivity index (χ3v) is 6.63. The van der Waals surface area contributed by atoms with E-state index in [9.17, 15) is 18.3 Å². The molecule has 0 aromatic carbocycles. The minimum Gasteiger partial charge on any atom is -0.481 e. The molecule has 2 N–H and O–H groups in total. The minimum atomic E-state index is -3.47. The lowest BCUT2D eigenvalue weighted by atomic mass is 9.75. The molecule has 0 aromatic heterocycles. The Morgan fingerprint density at radius 1 is 1.11 bits per heavy atom. The first-order chi connectivity index (χ1) is 8.51. The Hall–Kier alpha value is -0.620. The fourth-order valence-electron chi connectivity index (χ4n) is 2.21. The fourth-order valence-corrected chi connectivity index (χ4v) is 4.30. The number of sulfonamides is 1. The summed E-state index contributed by atoms with van der Waals surface area (Å²) < 4.78 is 27.3. The van der Waals surface area contributed by atoms with E-state index in [1.807, 2.05) is 0 Å². The predicted octanol–water partition coefficient (Wildman–Crippen LogP) is 2.13. The summed E-state index contributed by atoms with van der Waals surface area (Å²) in [6.45, 7) is 6.33. The van der Waals surface area contributed by atoms with E-state index in [2.05, 4.69) is 4.72 Å². The van der Waals surface area contributed by atoms with Gasteiger partial charge in [0.25, 0.3) is 0 Å². The topological polar surface area (TPSA) is 83.5 Å². The van der Waals surface area contributed by atoms with Gasteiger partial charge < -0.3 is 5.11 Å². The summed E-state index contributed by atoms with van der Waals surface area (Å²) in [5, 5.41) is 8.87. The number of nitrogens with one attached hydrogen (secondary N) is 1. The van der Waals surface area contributed by atoms with Gasteiger partial charge in [0.05, 0.1) is 10.7 Å². The highest BCUT2D eigenvalue weighted by molar-refractivity contribution is 7.90. The molecule has 19 heavy (non-hydrogen) atoms. The average Bonchev–Trinajstić information content (AvgIpc) is 2.28. The molecular weight excluding hydrogens is 266 g/mol. The number of carboxylic acids is 1. The average molecular weight is 291 g/mol. The molecular formula is C13H25NO4S. The lowest BCUT2D eigenvalue weighted by Gasteiger charge is -2.39. The van der Waals surface area contributed by atoms with Crippen molar-refractivity contribution in [2.45, 2.75) is 70.6 Å². The SMILES string of the molecule is CC(C)(NS(=O)(=O)C1CCCCC1)C(C)(C)C(=O)O. The zero-order chi connectivity index (χ0) is 14.9. The number of hydrogen-bond donors (Lipinski definition) is 2. The van der Waals surface area contributed by atoms with Gasteiger partial charge in [-0.05, 0) is 40.5 Å². The standard InChI is InChI=1S/C13H25NO4S/c1-12(2,11(15)16)13(3,4)14-19(17,18)10-8-6-5-7-9-10/h10,14H,5-9H2,1-4H3,(H,15,16). The van der Waals surface area contributed by atoms with E-state index >= 15 is 0 Å². The second-order valence-electron chi connectivity index (χ2n) is 6.46. The van der Waals surface area contributed by atoms with Gasteiger partial charge >= 0.3 is 5.97 Å². The number of carbonyl (C=O) groups is 1. The van der Waals surface area contributed by atoms with Crippen LogP contribution >= 0.6 is 0 Å². The van der Waals surface area contributed by atoms with Crippen molar-refractivity contribution in [3.63, 3.8) is 0 Å². The van der Waals surface area contributed by atoms with Crippen molar-refractivity contribution < 1.29 is 18.3 Å². The van der Waals surface area contributed by atoms with Crippen LogP contribution in [0.3, 0.4) is 0 Å². The quantitative estimate of drug-likeness (QED) is 0.812. The number of hydrogen-bond acceptors (Lipinski definition) is 3. The summed E-state index contributed by atoms with van der Waals surface area (Å²) in [4.78, 5) is 11.3. The largest absolute Gasteiger partial charge is 0.481 e. The van der Waals surface area contributed by atoms with Crippen LogP contribution in [-0.2, 0) is 14.8 Å². The van der Waals surface area contributed by atoms with E-state index in [4.69, 9.17) is 0 Å². The second kappa shape index (κ2) is 5.40. The van der Waals surface area contributed by atoms with Crippen molar-refractivity contribution in [3.8, 4) is 0 Å². The molecule has 0 aliphatic heterocycles. The van der Waals surface area contributed by atoms with Crippen LogP contribution in [0.5, 0.6) is 0 Å². The van der Waals surface area contributed by atoms with Crippen molar-refractivity contribution in [3.05, 3.63) is 0 Å². The summed E-state index contributed by atoms with van der Waals surface area (Å²) in [5.74, 6) is -1.01. The smallest absolute Gasteiger partial charge is 0.310 e. The van der Waals surface area contributed by atoms with Gasteiger partial charge in [-0.15, -0.1) is 0 Å². The zero-order valence-corrected chi connectivity index (χ0v) is 13.0. The first-order valence-corrected chi connectivity index (χ1v) is 8.31. The summed E-state index contributed by atoms with van der Waals surface area (Å²) in [6, 6.07) is 0. The normalized spacial score (nSPS) is 19.4. The van der Waals surface area contributed by atoms with Crippen molar-refractivity contribution in [2.75, 3.05) is 0 Å². The van der Waals surface area contributed by atoms with Crippen LogP contribution in [0.1, 0.15) is 59.8 Å². The van der Waals surface area contributed by atoms with Crippen LogP contribution in [0.25, 0.3) is 0 Å². The molecule has 1 aliphatic carbocycles. The highest BCUT2D eigenvalue weighted by atomic mass is 32.2. The maximum absolute atomic E-state index is 12.4. The van der Waals surface area contributed by atoms with E-state index in [-0.39, 0.29) is 5.25 Å². The second-order valence-corrected chi connectivity index (χ2v) is 8.42. The van der Waals surface area contributed by atoms with Gasteiger partial charge in [0, 0.05) is 5.54 Å². The molecule has 0 saturated heterocycles. The van der Waals surface area contributed by atoms with Crippen LogP contribution in [0.2, 0.25) is 0 Å². The Balaban J connectivity index is 2.90. The molecule has 1 saturated carbocycles. The Kier molecular flexibility index (Phi) is 4.67. The van der Waals surface area contributed by atoms with E-state index in [1.54, 1.807) is 27.7 Å². The lowest BCUT2D eigenvalue weighted by Crippen LogP contribution is -2.58. The van der Waals surface area contributed by atoms with Crippen molar-refractivity contribution in [1.29, 1.82) is 0 Å². The third kappa shape index (κ3) is 3.48. The lowest BCUT2D eigenvalue weighted by molar-refractivity contribution is -0.150. The first-order valence-electron chi connectivity index (χ1n) is 6.77.